The number of carbonyl (C=O) groups excluding carboxylic acids is 11. The van der Waals surface area contributed by atoms with E-state index >= 15 is 38.4 Å². The number of aliphatic hydroxyl groups excluding tert-OH is 1. The number of rotatable bonds is 23. The van der Waals surface area contributed by atoms with Gasteiger partial charge in [-0.1, -0.05) is 108 Å². The third kappa shape index (κ3) is 24.7. The van der Waals surface area contributed by atoms with Crippen LogP contribution in [0, 0.1) is 35.5 Å². The van der Waals surface area contributed by atoms with E-state index in [9.17, 15) is 19.5 Å². The fourth-order valence-electron chi connectivity index (χ4n) is 12.6. The minimum Gasteiger partial charge on any atom is -0.390 e. The molecule has 5 N–H and O–H groups in total. The number of allylic oxidation sites excluding steroid dienone is 1. The molecule has 2 heterocycles. The lowest BCUT2D eigenvalue weighted by Gasteiger charge is -2.41. The van der Waals surface area contributed by atoms with Crippen LogP contribution >= 0.6 is 0 Å². The molecular formula is C71H126N12O15. The summed E-state index contributed by atoms with van der Waals surface area (Å²) in [7, 11) is 8.47. The van der Waals surface area contributed by atoms with Gasteiger partial charge in [0.1, 0.15) is 66.5 Å². The SMILES string of the molecule is C=CCOC[C@@H]1C(=O)N(C)C([C@@H](C)OCCN2CCOCC2)C(=O)N[C@@H](C(C)C)C(=O)N(C)[C@@H](CC(C)C)C(=O)N[C@@H](C)C(=O)N[C@H](C)C(=O)N(C)[C@@H](CC(C)C)C(=O)N(C)[C@@H](CC(C)C)C(=O)N(C)[C@@H](C(C)C)C(=O)N(C)[C@@H]([C@H](O)[C@H](C)/C=C/C)C(=O)N[C@@H](CC)C(=O)N1CCC. The van der Waals surface area contributed by atoms with E-state index in [0.29, 0.717) is 39.3 Å². The normalized spacial score (nSPS) is 27.1. The molecule has 0 aromatic carbocycles. The second kappa shape index (κ2) is 41.9. The highest BCUT2D eigenvalue weighted by atomic mass is 16.5. The molecule has 27 nitrogen and oxygen atoms in total. The Labute approximate surface area is 585 Å². The molecule has 560 valence electrons. The smallest absolute Gasteiger partial charge is 0.248 e. The van der Waals surface area contributed by atoms with Crippen LogP contribution in [-0.4, -0.2) is 289 Å². The largest absolute Gasteiger partial charge is 0.390 e. The minimum atomic E-state index is -1.70. The molecule has 2 aliphatic rings. The zero-order valence-corrected chi connectivity index (χ0v) is 63.5. The Bertz CT molecular complexity index is 2670. The number of hydrogen-bond acceptors (Lipinski definition) is 16. The lowest BCUT2D eigenvalue weighted by atomic mass is 9.93. The summed E-state index contributed by atoms with van der Waals surface area (Å²) in [6, 6.07) is -14.7. The van der Waals surface area contributed by atoms with Crippen molar-refractivity contribution in [2.75, 3.05) is 101 Å². The van der Waals surface area contributed by atoms with Crippen LogP contribution in [0.5, 0.6) is 0 Å². The molecule has 0 aromatic rings. The number of morpholine rings is 1. The second-order valence-electron chi connectivity index (χ2n) is 28.6. The van der Waals surface area contributed by atoms with Crippen LogP contribution in [0.3, 0.4) is 0 Å². The fraction of sp³-hybridized carbons (Fsp3) is 0.789. The molecule has 1 unspecified atom stereocenters. The first-order chi connectivity index (χ1) is 45.8. The maximum atomic E-state index is 15.7. The molecule has 2 fully saturated rings. The summed E-state index contributed by atoms with van der Waals surface area (Å²) in [5.74, 6) is -10.5. The number of carbonyl (C=O) groups is 11. The Morgan fingerprint density at radius 3 is 1.52 bits per heavy atom. The minimum absolute atomic E-state index is 0.0535. The molecule has 0 radical (unpaired) electrons. The molecular weight excluding hydrogens is 1260 g/mol. The summed E-state index contributed by atoms with van der Waals surface area (Å²) >= 11 is 0. The van der Waals surface area contributed by atoms with Gasteiger partial charge in [-0.2, -0.15) is 0 Å². The molecule has 27 heteroatoms. The molecule has 0 aliphatic carbocycles. The predicted octanol–water partition coefficient (Wildman–Crippen LogP) is 2.92. The maximum absolute atomic E-state index is 15.7. The number of nitrogens with one attached hydrogen (secondary N) is 4. The lowest BCUT2D eigenvalue weighted by molar-refractivity contribution is -0.158. The van der Waals surface area contributed by atoms with Crippen LogP contribution in [-0.2, 0) is 67.0 Å². The Hall–Kier alpha value is -6.55. The number of hydrogen-bond donors (Lipinski definition) is 5. The van der Waals surface area contributed by atoms with Crippen LogP contribution in [0.25, 0.3) is 0 Å². The molecule has 98 heavy (non-hydrogen) atoms. The Morgan fingerprint density at radius 2 is 1.02 bits per heavy atom. The van der Waals surface area contributed by atoms with Gasteiger partial charge in [0.15, 0.2) is 0 Å². The fourth-order valence-corrected chi connectivity index (χ4v) is 12.6. The molecule has 2 saturated heterocycles. The summed E-state index contributed by atoms with van der Waals surface area (Å²) in [4.78, 5) is 176. The zero-order valence-electron chi connectivity index (χ0n) is 63.5. The van der Waals surface area contributed by atoms with Gasteiger partial charge in [-0.15, -0.1) is 6.58 Å². The molecule has 0 aromatic heterocycles. The van der Waals surface area contributed by atoms with Crippen molar-refractivity contribution in [1.29, 1.82) is 0 Å². The van der Waals surface area contributed by atoms with Gasteiger partial charge >= 0.3 is 0 Å². The molecule has 14 atom stereocenters. The van der Waals surface area contributed by atoms with Crippen molar-refractivity contribution in [3.8, 4) is 0 Å². The number of likely N-dealkylation sites (N-methyl/N-ethyl adjacent to an activating group) is 6. The van der Waals surface area contributed by atoms with Gasteiger partial charge in [0.25, 0.3) is 0 Å². The third-order valence-corrected chi connectivity index (χ3v) is 18.5. The van der Waals surface area contributed by atoms with Crippen molar-refractivity contribution in [3.05, 3.63) is 24.8 Å². The van der Waals surface area contributed by atoms with Crippen molar-refractivity contribution in [1.82, 2.24) is 60.5 Å². The summed E-state index contributed by atoms with van der Waals surface area (Å²) in [5.41, 5.74) is 0. The number of amides is 11. The Kier molecular flexibility index (Phi) is 37.4. The van der Waals surface area contributed by atoms with E-state index in [1.165, 1.54) is 86.7 Å². The van der Waals surface area contributed by atoms with E-state index in [4.69, 9.17) is 14.2 Å². The average Bonchev–Trinajstić information content (AvgIpc) is 0.805. The van der Waals surface area contributed by atoms with E-state index in [0.717, 1.165) is 9.80 Å². The summed E-state index contributed by atoms with van der Waals surface area (Å²) in [5, 5.41) is 23.4. The van der Waals surface area contributed by atoms with Crippen molar-refractivity contribution < 1.29 is 72.1 Å². The van der Waals surface area contributed by atoms with E-state index in [1.807, 2.05) is 41.5 Å². The zero-order chi connectivity index (χ0) is 74.9. The summed E-state index contributed by atoms with van der Waals surface area (Å²) in [6.07, 6.45) is 2.76. The van der Waals surface area contributed by atoms with Crippen LogP contribution in [0.1, 0.15) is 150 Å². The van der Waals surface area contributed by atoms with Crippen LogP contribution in [0.2, 0.25) is 0 Å². The highest BCUT2D eigenvalue weighted by molar-refractivity contribution is 6.00. The molecule has 0 saturated carbocycles. The van der Waals surface area contributed by atoms with Crippen molar-refractivity contribution >= 4 is 65.0 Å². The van der Waals surface area contributed by atoms with Crippen LogP contribution in [0.4, 0.5) is 0 Å². The summed E-state index contributed by atoms with van der Waals surface area (Å²) < 4.78 is 18.0. The molecule has 2 aliphatic heterocycles. The second-order valence-corrected chi connectivity index (χ2v) is 28.6. The van der Waals surface area contributed by atoms with Gasteiger partial charge in [0, 0.05) is 74.4 Å². The van der Waals surface area contributed by atoms with Crippen molar-refractivity contribution in [3.63, 3.8) is 0 Å². The van der Waals surface area contributed by atoms with Gasteiger partial charge < -0.3 is 74.9 Å². The Balaban J connectivity index is 3.18. The van der Waals surface area contributed by atoms with Crippen molar-refractivity contribution in [2.45, 2.75) is 228 Å². The van der Waals surface area contributed by atoms with Gasteiger partial charge in [0.2, 0.25) is 65.0 Å². The van der Waals surface area contributed by atoms with Gasteiger partial charge in [0.05, 0.1) is 45.2 Å². The van der Waals surface area contributed by atoms with Crippen molar-refractivity contribution in [2.24, 2.45) is 35.5 Å². The van der Waals surface area contributed by atoms with E-state index < -0.39 is 168 Å². The maximum Gasteiger partial charge on any atom is 0.248 e. The first-order valence-electron chi connectivity index (χ1n) is 35.3. The standard InChI is InChI=1S/C71H126N12O15/c1-25-29-47(15)60(84)59-64(88)74-51(28-4)66(90)83(30-26-2)55(41-97-34-27-3)69(93)80(23)58(50(18)98-37-33-82-31-35-96-36-32-82)63(87)75-56(45(11)12)70(94)76(19)52(38-42(5)6)62(86)72-48(16)61(85)73-49(17)65(89)77(20)53(39-43(7)8)67(91)78(21)54(40-44(9)10)68(92)79(22)57(46(13)14)71(95)81(59)24/h25,27,29,42-60,84H,3,26,28,30-41H2,1-2,4-24H3,(H,72,86)(H,73,85)(H,74,88)(H,75,87)/b29-25+/t47-,48+,49-,50-,51+,52+,53+,54+,55-,56+,57+,58?,59+,60-/m1/s1. The predicted molar refractivity (Wildman–Crippen MR) is 376 cm³/mol. The molecule has 11 amide bonds. The van der Waals surface area contributed by atoms with Crippen LogP contribution < -0.4 is 21.3 Å². The molecule has 0 spiro atoms. The lowest BCUT2D eigenvalue weighted by Crippen LogP contribution is -2.65. The molecule has 0 bridgehead atoms. The van der Waals surface area contributed by atoms with E-state index in [2.05, 4.69) is 32.7 Å². The summed E-state index contributed by atoms with van der Waals surface area (Å²) in [6.45, 7) is 35.5. The van der Waals surface area contributed by atoms with Gasteiger partial charge in [-0.3, -0.25) is 57.6 Å². The quantitative estimate of drug-likeness (QED) is 0.0726. The van der Waals surface area contributed by atoms with E-state index in [-0.39, 0.29) is 63.2 Å². The number of nitrogens with zero attached hydrogens (tertiary/aromatic N) is 8. The highest BCUT2D eigenvalue weighted by Crippen LogP contribution is 2.26. The van der Waals surface area contributed by atoms with E-state index in [1.54, 1.807) is 74.5 Å². The number of aliphatic hydroxyl groups is 1. The average molecular weight is 1390 g/mol. The van der Waals surface area contributed by atoms with Crippen LogP contribution in [0.15, 0.2) is 24.8 Å². The topological polar surface area (TPSA) is 310 Å². The first-order valence-corrected chi connectivity index (χ1v) is 35.3. The molecule has 2 rings (SSSR count). The monoisotopic (exact) mass is 1390 g/mol. The van der Waals surface area contributed by atoms with Gasteiger partial charge in [-0.05, 0) is 89.4 Å². The number of ether oxygens (including phenoxy) is 3. The first kappa shape index (κ1) is 87.5. The Morgan fingerprint density at radius 1 is 0.541 bits per heavy atom. The highest BCUT2D eigenvalue weighted by Gasteiger charge is 2.47. The van der Waals surface area contributed by atoms with Gasteiger partial charge in [-0.25, -0.2) is 0 Å². The third-order valence-electron chi connectivity index (χ3n) is 18.5.